The fourth-order valence-electron chi connectivity index (χ4n) is 1.87. The molecule has 118 valence electrons. The number of benzene rings is 1. The van der Waals surface area contributed by atoms with Gasteiger partial charge in [0.1, 0.15) is 6.04 Å². The molecule has 1 rings (SSSR count). The van der Waals surface area contributed by atoms with E-state index in [9.17, 15) is 22.8 Å². The number of alkyl halides is 3. The van der Waals surface area contributed by atoms with Crippen molar-refractivity contribution in [3.63, 3.8) is 0 Å². The van der Waals surface area contributed by atoms with Crippen molar-refractivity contribution in [3.05, 3.63) is 34.9 Å². The number of carbonyl (C=O) groups is 2. The van der Waals surface area contributed by atoms with Crippen LogP contribution in [0.2, 0.25) is 0 Å². The third kappa shape index (κ3) is 4.01. The summed E-state index contributed by atoms with van der Waals surface area (Å²) in [5.41, 5.74) is 4.26. The van der Waals surface area contributed by atoms with Gasteiger partial charge in [-0.05, 0) is 37.6 Å². The molecule has 0 fully saturated rings. The topological polar surface area (TPSA) is 63.4 Å². The van der Waals surface area contributed by atoms with Gasteiger partial charge in [0, 0.05) is 5.56 Å². The van der Waals surface area contributed by atoms with E-state index in [0.29, 0.717) is 0 Å². The lowest BCUT2D eigenvalue weighted by molar-refractivity contribution is -0.137. The molecule has 7 heteroatoms. The average Bonchev–Trinajstić information content (AvgIpc) is 2.41. The summed E-state index contributed by atoms with van der Waals surface area (Å²) in [6.07, 6.45) is 0.560. The molecule has 0 saturated heterocycles. The molecule has 0 heterocycles. The Balaban J connectivity index is 3.28. The maximum atomic E-state index is 12.8. The Morgan fingerprint density at radius 3 is 2.41 bits per heavy atom. The van der Waals surface area contributed by atoms with Gasteiger partial charge in [-0.3, -0.25) is 9.59 Å². The van der Waals surface area contributed by atoms with E-state index >= 15 is 0 Å². The van der Waals surface area contributed by atoms with E-state index in [1.54, 1.807) is 0 Å². The molecule has 1 aromatic rings. The first kappa shape index (κ1) is 17.6. The van der Waals surface area contributed by atoms with Gasteiger partial charge in [0.2, 0.25) is 5.91 Å². The number of rotatable bonds is 4. The van der Waals surface area contributed by atoms with Crippen LogP contribution in [0.25, 0.3) is 0 Å². The Bertz CT molecular complexity index is 633. The zero-order valence-electron chi connectivity index (χ0n) is 12.1. The minimum Gasteiger partial charge on any atom is -0.368 e. The summed E-state index contributed by atoms with van der Waals surface area (Å²) in [5, 5.41) is 0. The number of primary amides is 1. The molecule has 2 N–H and O–H groups in total. The van der Waals surface area contributed by atoms with Gasteiger partial charge in [-0.2, -0.15) is 13.2 Å². The summed E-state index contributed by atoms with van der Waals surface area (Å²) in [6.45, 7) is 2.56. The number of amides is 2. The van der Waals surface area contributed by atoms with Gasteiger partial charge in [0.25, 0.3) is 5.91 Å². The monoisotopic (exact) mass is 312 g/mol. The molecule has 0 aliphatic carbocycles. The Morgan fingerprint density at radius 1 is 1.36 bits per heavy atom. The number of nitrogens with two attached hydrogens (primary N) is 1. The van der Waals surface area contributed by atoms with Crippen molar-refractivity contribution < 1.29 is 22.8 Å². The van der Waals surface area contributed by atoms with Crippen LogP contribution in [0.5, 0.6) is 0 Å². The fourth-order valence-corrected chi connectivity index (χ4v) is 1.87. The van der Waals surface area contributed by atoms with Crippen molar-refractivity contribution >= 4 is 11.8 Å². The van der Waals surface area contributed by atoms with Crippen LogP contribution >= 0.6 is 0 Å². The lowest BCUT2D eigenvalue weighted by atomic mass is 10.0. The van der Waals surface area contributed by atoms with Gasteiger partial charge in [-0.15, -0.1) is 6.42 Å². The Labute approximate surface area is 126 Å². The second kappa shape index (κ2) is 6.52. The lowest BCUT2D eigenvalue weighted by Crippen LogP contribution is -2.46. The van der Waals surface area contributed by atoms with Crippen molar-refractivity contribution in [2.24, 2.45) is 5.73 Å². The van der Waals surface area contributed by atoms with E-state index in [4.69, 9.17) is 12.2 Å². The van der Waals surface area contributed by atoms with Crippen LogP contribution in [0, 0.1) is 19.3 Å². The number of hydrogen-bond acceptors (Lipinski definition) is 2. The SMILES string of the molecule is C#CCN(C(=O)c1cc(C)cc(C(F)(F)F)c1)C(C)C(N)=O. The van der Waals surface area contributed by atoms with Crippen LogP contribution in [0.1, 0.15) is 28.4 Å². The summed E-state index contributed by atoms with van der Waals surface area (Å²) < 4.78 is 38.4. The predicted molar refractivity (Wildman–Crippen MR) is 74.7 cm³/mol. The van der Waals surface area contributed by atoms with E-state index in [-0.39, 0.29) is 17.7 Å². The highest BCUT2D eigenvalue weighted by molar-refractivity contribution is 5.97. The number of hydrogen-bond donors (Lipinski definition) is 1. The van der Waals surface area contributed by atoms with Crippen molar-refractivity contribution in [2.75, 3.05) is 6.54 Å². The molecular formula is C15H15F3N2O2. The number of nitrogens with zero attached hydrogens (tertiary/aromatic N) is 1. The van der Waals surface area contributed by atoms with Gasteiger partial charge in [0.15, 0.2) is 0 Å². The Kier molecular flexibility index (Phi) is 5.20. The first-order valence-electron chi connectivity index (χ1n) is 6.30. The van der Waals surface area contributed by atoms with E-state index in [1.165, 1.54) is 19.9 Å². The van der Waals surface area contributed by atoms with E-state index < -0.39 is 29.6 Å². The van der Waals surface area contributed by atoms with Crippen molar-refractivity contribution in [2.45, 2.75) is 26.1 Å². The van der Waals surface area contributed by atoms with E-state index in [1.807, 2.05) is 0 Å². The number of carbonyl (C=O) groups excluding carboxylic acids is 2. The van der Waals surface area contributed by atoms with Gasteiger partial charge < -0.3 is 10.6 Å². The van der Waals surface area contributed by atoms with Gasteiger partial charge in [0.05, 0.1) is 12.1 Å². The zero-order chi connectivity index (χ0) is 17.1. The van der Waals surface area contributed by atoms with Crippen LogP contribution in [0.15, 0.2) is 18.2 Å². The van der Waals surface area contributed by atoms with Crippen molar-refractivity contribution in [1.82, 2.24) is 4.90 Å². The molecule has 0 radical (unpaired) electrons. The molecule has 0 saturated carbocycles. The van der Waals surface area contributed by atoms with Gasteiger partial charge >= 0.3 is 6.18 Å². The van der Waals surface area contributed by atoms with Gasteiger partial charge in [-0.25, -0.2) is 0 Å². The average molecular weight is 312 g/mol. The first-order chi connectivity index (χ1) is 10.1. The highest BCUT2D eigenvalue weighted by Gasteiger charge is 2.32. The smallest absolute Gasteiger partial charge is 0.368 e. The predicted octanol–water partition coefficient (Wildman–Crippen LogP) is 1.96. The summed E-state index contributed by atoms with van der Waals surface area (Å²) in [4.78, 5) is 24.5. The van der Waals surface area contributed by atoms with Gasteiger partial charge in [-0.1, -0.05) is 5.92 Å². The van der Waals surface area contributed by atoms with E-state index in [0.717, 1.165) is 17.0 Å². The minimum absolute atomic E-state index is 0.198. The number of aryl methyl sites for hydroxylation is 1. The molecule has 22 heavy (non-hydrogen) atoms. The third-order valence-corrected chi connectivity index (χ3v) is 3.05. The lowest BCUT2D eigenvalue weighted by Gasteiger charge is -2.25. The highest BCUT2D eigenvalue weighted by Crippen LogP contribution is 2.31. The quantitative estimate of drug-likeness (QED) is 0.864. The molecule has 0 aromatic heterocycles. The molecule has 1 aromatic carbocycles. The summed E-state index contributed by atoms with van der Waals surface area (Å²) in [6, 6.07) is 1.93. The Hall–Kier alpha value is -2.49. The largest absolute Gasteiger partial charge is 0.416 e. The van der Waals surface area contributed by atoms with Crippen LogP contribution in [-0.4, -0.2) is 29.3 Å². The molecule has 1 unspecified atom stereocenters. The highest BCUT2D eigenvalue weighted by atomic mass is 19.4. The van der Waals surface area contributed by atoms with Crippen LogP contribution < -0.4 is 5.73 Å². The molecule has 0 spiro atoms. The fraction of sp³-hybridized carbons (Fsp3) is 0.333. The molecule has 1 atom stereocenters. The maximum Gasteiger partial charge on any atom is 0.416 e. The molecule has 2 amide bonds. The van der Waals surface area contributed by atoms with Crippen LogP contribution in [0.4, 0.5) is 13.2 Å². The van der Waals surface area contributed by atoms with Crippen LogP contribution in [-0.2, 0) is 11.0 Å². The number of terminal acetylenes is 1. The standard InChI is InChI=1S/C15H15F3N2O2/c1-4-5-20(10(3)13(19)21)14(22)11-6-9(2)7-12(8-11)15(16,17)18/h1,6-8,10H,5H2,2-3H3,(H2,19,21). The van der Waals surface area contributed by atoms with Crippen molar-refractivity contribution in [3.8, 4) is 12.3 Å². The zero-order valence-corrected chi connectivity index (χ0v) is 12.1. The summed E-state index contributed by atoms with van der Waals surface area (Å²) in [7, 11) is 0. The third-order valence-electron chi connectivity index (χ3n) is 3.05. The number of halogens is 3. The second-order valence-electron chi connectivity index (χ2n) is 4.80. The van der Waals surface area contributed by atoms with E-state index in [2.05, 4.69) is 5.92 Å². The molecule has 0 aliphatic rings. The summed E-state index contributed by atoms with van der Waals surface area (Å²) in [5.74, 6) is 0.611. The molecular weight excluding hydrogens is 297 g/mol. The van der Waals surface area contributed by atoms with Crippen LogP contribution in [0.3, 0.4) is 0 Å². The summed E-state index contributed by atoms with van der Waals surface area (Å²) >= 11 is 0. The minimum atomic E-state index is -4.58. The van der Waals surface area contributed by atoms with Crippen molar-refractivity contribution in [1.29, 1.82) is 0 Å². The first-order valence-corrected chi connectivity index (χ1v) is 6.30. The Morgan fingerprint density at radius 2 is 1.95 bits per heavy atom. The molecule has 0 bridgehead atoms. The molecule has 0 aliphatic heterocycles. The molecule has 4 nitrogen and oxygen atoms in total. The second-order valence-corrected chi connectivity index (χ2v) is 4.80. The normalized spacial score (nSPS) is 12.4. The maximum absolute atomic E-state index is 12.8.